The van der Waals surface area contributed by atoms with Crippen LogP contribution in [0.25, 0.3) is 0 Å². The van der Waals surface area contributed by atoms with Crippen LogP contribution in [0.2, 0.25) is 0 Å². The molecule has 2 atom stereocenters. The van der Waals surface area contributed by atoms with Crippen molar-refractivity contribution in [3.05, 3.63) is 35.6 Å². The molecule has 2 rings (SSSR count). The zero-order valence-electron chi connectivity index (χ0n) is 18.3. The molecular weight excluding hydrogens is 522 g/mol. The first-order valence-electron chi connectivity index (χ1n) is 9.87. The Balaban J connectivity index is 0.00000450. The number of benzene rings is 1. The topological polar surface area (TPSA) is 83.0 Å². The number of sulfonamides is 1. The van der Waals surface area contributed by atoms with Gasteiger partial charge in [-0.05, 0) is 31.5 Å². The minimum atomic E-state index is -3.38. The van der Waals surface area contributed by atoms with E-state index in [-0.39, 0.29) is 59.7 Å². The van der Waals surface area contributed by atoms with Gasteiger partial charge in [0.25, 0.3) is 0 Å². The van der Waals surface area contributed by atoms with Crippen LogP contribution < -0.4 is 10.6 Å². The van der Waals surface area contributed by atoms with Crippen molar-refractivity contribution in [1.29, 1.82) is 0 Å². The van der Waals surface area contributed by atoms with Crippen LogP contribution in [0.3, 0.4) is 0 Å². The molecule has 1 heterocycles. The average Bonchev–Trinajstić information content (AvgIpc) is 2.63. The van der Waals surface area contributed by atoms with E-state index in [4.69, 9.17) is 4.74 Å². The first-order chi connectivity index (χ1) is 13.5. The number of hydrogen-bond donors (Lipinski definition) is 2. The third-order valence-electron chi connectivity index (χ3n) is 4.96. The van der Waals surface area contributed by atoms with E-state index in [0.29, 0.717) is 25.6 Å². The number of guanidine groups is 1. The molecule has 30 heavy (non-hydrogen) atoms. The van der Waals surface area contributed by atoms with Crippen LogP contribution >= 0.6 is 24.0 Å². The van der Waals surface area contributed by atoms with E-state index in [2.05, 4.69) is 15.6 Å². The van der Waals surface area contributed by atoms with Crippen LogP contribution in [0.4, 0.5) is 4.39 Å². The maximum atomic E-state index is 13.5. The normalized spacial score (nSPS) is 21.1. The monoisotopic (exact) mass is 556 g/mol. The smallest absolute Gasteiger partial charge is 0.216 e. The van der Waals surface area contributed by atoms with E-state index >= 15 is 0 Å². The summed E-state index contributed by atoms with van der Waals surface area (Å²) < 4.78 is 45.8. The van der Waals surface area contributed by atoms with Crippen molar-refractivity contribution < 1.29 is 17.5 Å². The third-order valence-corrected chi connectivity index (χ3v) is 6.76. The molecule has 2 unspecified atom stereocenters. The predicted molar refractivity (Wildman–Crippen MR) is 130 cm³/mol. The molecule has 1 aliphatic heterocycles. The van der Waals surface area contributed by atoms with Crippen molar-refractivity contribution >= 4 is 40.0 Å². The van der Waals surface area contributed by atoms with Crippen molar-refractivity contribution in [3.63, 3.8) is 0 Å². The van der Waals surface area contributed by atoms with Gasteiger partial charge in [-0.1, -0.05) is 26.0 Å². The fraction of sp³-hybridized carbons (Fsp3) is 0.650. The van der Waals surface area contributed by atoms with Gasteiger partial charge in [-0.3, -0.25) is 4.99 Å². The van der Waals surface area contributed by atoms with E-state index in [1.165, 1.54) is 16.4 Å². The summed E-state index contributed by atoms with van der Waals surface area (Å²) in [5.74, 6) is 0.212. The van der Waals surface area contributed by atoms with Crippen molar-refractivity contribution in [2.75, 3.05) is 39.0 Å². The quantitative estimate of drug-likeness (QED) is 0.306. The average molecular weight is 556 g/mol. The number of rotatable bonds is 7. The second kappa shape index (κ2) is 11.6. The summed E-state index contributed by atoms with van der Waals surface area (Å²) in [4.78, 5) is 4.15. The predicted octanol–water partition coefficient (Wildman–Crippen LogP) is 2.33. The van der Waals surface area contributed by atoms with Gasteiger partial charge in [0.1, 0.15) is 5.82 Å². The van der Waals surface area contributed by atoms with Crippen LogP contribution in [0.5, 0.6) is 0 Å². The highest BCUT2D eigenvalue weighted by Gasteiger charge is 2.30. The molecule has 0 bridgehead atoms. The molecule has 1 aromatic rings. The summed E-state index contributed by atoms with van der Waals surface area (Å²) in [6.07, 6.45) is -0.220. The van der Waals surface area contributed by atoms with Gasteiger partial charge in [-0.15, -0.1) is 24.0 Å². The SMILES string of the molecule is CN=C(NCCS(=O)(=O)N1CC(C)OC(C)C1)NCC(C)(C)c1cccc(F)c1.I. The molecule has 1 aliphatic rings. The lowest BCUT2D eigenvalue weighted by Crippen LogP contribution is -2.50. The lowest BCUT2D eigenvalue weighted by Gasteiger charge is -2.34. The van der Waals surface area contributed by atoms with Crippen LogP contribution in [0.15, 0.2) is 29.3 Å². The fourth-order valence-corrected chi connectivity index (χ4v) is 4.81. The van der Waals surface area contributed by atoms with Gasteiger partial charge in [-0.2, -0.15) is 4.31 Å². The molecule has 10 heteroatoms. The van der Waals surface area contributed by atoms with Crippen LogP contribution in [-0.4, -0.2) is 69.9 Å². The van der Waals surface area contributed by atoms with Gasteiger partial charge in [0.05, 0.1) is 18.0 Å². The first kappa shape index (κ1) is 27.1. The van der Waals surface area contributed by atoms with Gasteiger partial charge in [0.15, 0.2) is 5.96 Å². The van der Waals surface area contributed by atoms with E-state index in [1.807, 2.05) is 33.8 Å². The zero-order valence-corrected chi connectivity index (χ0v) is 21.5. The van der Waals surface area contributed by atoms with E-state index in [1.54, 1.807) is 13.1 Å². The summed E-state index contributed by atoms with van der Waals surface area (Å²) in [5.41, 5.74) is 0.546. The lowest BCUT2D eigenvalue weighted by molar-refractivity contribution is -0.0440. The highest BCUT2D eigenvalue weighted by atomic mass is 127. The zero-order chi connectivity index (χ0) is 21.7. The molecule has 0 amide bonds. The Morgan fingerprint density at radius 2 is 1.90 bits per heavy atom. The van der Waals surface area contributed by atoms with Crippen molar-refractivity contribution in [1.82, 2.24) is 14.9 Å². The van der Waals surface area contributed by atoms with Gasteiger partial charge in [-0.25, -0.2) is 12.8 Å². The van der Waals surface area contributed by atoms with E-state index < -0.39 is 10.0 Å². The molecule has 0 aliphatic carbocycles. The molecule has 7 nitrogen and oxygen atoms in total. The number of halogens is 2. The summed E-state index contributed by atoms with van der Waals surface area (Å²) in [6.45, 7) is 9.28. The molecule has 172 valence electrons. The Kier molecular flexibility index (Phi) is 10.4. The molecule has 0 radical (unpaired) electrons. The molecule has 0 saturated carbocycles. The van der Waals surface area contributed by atoms with E-state index in [0.717, 1.165) is 5.56 Å². The molecule has 0 aromatic heterocycles. The molecule has 1 fully saturated rings. The van der Waals surface area contributed by atoms with Crippen molar-refractivity contribution in [2.24, 2.45) is 4.99 Å². The number of nitrogens with one attached hydrogen (secondary N) is 2. The van der Waals surface area contributed by atoms with Gasteiger partial charge >= 0.3 is 0 Å². The Hall–Kier alpha value is -0.980. The Morgan fingerprint density at radius 1 is 1.27 bits per heavy atom. The van der Waals surface area contributed by atoms with Crippen LogP contribution in [0.1, 0.15) is 33.3 Å². The second-order valence-electron chi connectivity index (χ2n) is 8.14. The maximum absolute atomic E-state index is 13.5. The highest BCUT2D eigenvalue weighted by Crippen LogP contribution is 2.22. The summed E-state index contributed by atoms with van der Waals surface area (Å²) in [5, 5.41) is 6.25. The summed E-state index contributed by atoms with van der Waals surface area (Å²) in [6, 6.07) is 6.52. The second-order valence-corrected chi connectivity index (χ2v) is 10.2. The standard InChI is InChI=1S/C20H33FN4O3S.HI/c1-15-12-25(13-16(2)28-15)29(26,27)10-9-23-19(22-5)24-14-20(3,4)17-7-6-8-18(21)11-17;/h6-8,11,15-16H,9-10,12-14H2,1-5H3,(H2,22,23,24);1H. The Labute approximate surface area is 196 Å². The summed E-state index contributed by atoms with van der Waals surface area (Å²) >= 11 is 0. The number of aliphatic imine (C=N–C) groups is 1. The molecule has 1 saturated heterocycles. The maximum Gasteiger partial charge on any atom is 0.216 e. The van der Waals surface area contributed by atoms with Crippen molar-refractivity contribution in [3.8, 4) is 0 Å². The number of ether oxygens (including phenoxy) is 1. The first-order valence-corrected chi connectivity index (χ1v) is 11.5. The minimum Gasteiger partial charge on any atom is -0.373 e. The van der Waals surface area contributed by atoms with Gasteiger partial charge in [0.2, 0.25) is 10.0 Å². The molecular formula is C20H34FIN4O3S. The van der Waals surface area contributed by atoms with Crippen molar-refractivity contribution in [2.45, 2.75) is 45.3 Å². The molecule has 1 aromatic carbocycles. The number of morpholine rings is 1. The van der Waals surface area contributed by atoms with Gasteiger partial charge in [0, 0.05) is 38.6 Å². The Bertz CT molecular complexity index is 810. The highest BCUT2D eigenvalue weighted by molar-refractivity contribution is 14.0. The largest absolute Gasteiger partial charge is 0.373 e. The number of nitrogens with zero attached hydrogens (tertiary/aromatic N) is 2. The molecule has 0 spiro atoms. The number of hydrogen-bond acceptors (Lipinski definition) is 4. The Morgan fingerprint density at radius 3 is 2.47 bits per heavy atom. The van der Waals surface area contributed by atoms with E-state index in [9.17, 15) is 12.8 Å². The summed E-state index contributed by atoms with van der Waals surface area (Å²) in [7, 11) is -1.75. The molecule has 2 N–H and O–H groups in total. The van der Waals surface area contributed by atoms with Crippen LogP contribution in [0, 0.1) is 5.82 Å². The van der Waals surface area contributed by atoms with Crippen LogP contribution in [-0.2, 0) is 20.2 Å². The van der Waals surface area contributed by atoms with Gasteiger partial charge < -0.3 is 15.4 Å². The third kappa shape index (κ3) is 7.93. The fourth-order valence-electron chi connectivity index (χ4n) is 3.32. The lowest BCUT2D eigenvalue weighted by atomic mass is 9.84. The minimum absolute atomic E-state index is 0.